The van der Waals surface area contributed by atoms with Crippen molar-refractivity contribution in [1.29, 1.82) is 0 Å². The Morgan fingerprint density at radius 2 is 2.11 bits per heavy atom. The zero-order valence-corrected chi connectivity index (χ0v) is 10.3. The molecule has 0 bridgehead atoms. The van der Waals surface area contributed by atoms with Crippen LogP contribution in [0.3, 0.4) is 0 Å². The van der Waals surface area contributed by atoms with Crippen molar-refractivity contribution in [2.24, 2.45) is 0 Å². The lowest BCUT2D eigenvalue weighted by molar-refractivity contribution is 0.0600. The second-order valence-electron chi connectivity index (χ2n) is 3.68. The molecule has 0 saturated carbocycles. The molecule has 2 rings (SSSR count). The Morgan fingerprint density at radius 1 is 1.37 bits per heavy atom. The summed E-state index contributed by atoms with van der Waals surface area (Å²) >= 11 is 0. The number of anilines is 1. The standard InChI is InChI=1S/C12H12N2O5/c1-17-9-4-6(12(16)18-2)3-7(11(9)15)8-5-10(13)14-19-8/h3-5,15H,1-2H3,(H2,13,14). The molecule has 0 atom stereocenters. The molecule has 19 heavy (non-hydrogen) atoms. The van der Waals surface area contributed by atoms with Crippen LogP contribution in [0, 0.1) is 0 Å². The molecule has 0 amide bonds. The number of hydrogen-bond donors (Lipinski definition) is 2. The topological polar surface area (TPSA) is 108 Å². The van der Waals surface area contributed by atoms with Gasteiger partial charge in [0.05, 0.1) is 25.3 Å². The summed E-state index contributed by atoms with van der Waals surface area (Å²) in [6.45, 7) is 0. The van der Waals surface area contributed by atoms with Crippen LogP contribution in [0.2, 0.25) is 0 Å². The number of phenolic OH excluding ortho intramolecular Hbond substituents is 1. The van der Waals surface area contributed by atoms with Gasteiger partial charge in [0.25, 0.3) is 0 Å². The second-order valence-corrected chi connectivity index (χ2v) is 3.68. The zero-order chi connectivity index (χ0) is 14.0. The number of aromatic hydroxyl groups is 1. The molecule has 0 radical (unpaired) electrons. The average Bonchev–Trinajstić information content (AvgIpc) is 2.84. The summed E-state index contributed by atoms with van der Waals surface area (Å²) in [5.74, 6) is -0.234. The van der Waals surface area contributed by atoms with Gasteiger partial charge in [0.2, 0.25) is 0 Å². The predicted octanol–water partition coefficient (Wildman–Crippen LogP) is 1.42. The van der Waals surface area contributed by atoms with Crippen molar-refractivity contribution >= 4 is 11.8 Å². The first-order chi connectivity index (χ1) is 9.06. The number of nitrogens with two attached hydrogens (primary N) is 1. The number of esters is 1. The van der Waals surface area contributed by atoms with Crippen LogP contribution in [0.4, 0.5) is 5.82 Å². The van der Waals surface area contributed by atoms with E-state index in [2.05, 4.69) is 9.89 Å². The molecule has 0 saturated heterocycles. The smallest absolute Gasteiger partial charge is 0.338 e. The molecule has 0 fully saturated rings. The summed E-state index contributed by atoms with van der Waals surface area (Å²) in [4.78, 5) is 11.6. The third kappa shape index (κ3) is 2.30. The van der Waals surface area contributed by atoms with Crippen molar-refractivity contribution in [2.75, 3.05) is 20.0 Å². The summed E-state index contributed by atoms with van der Waals surface area (Å²) in [7, 11) is 2.63. The van der Waals surface area contributed by atoms with Gasteiger partial charge in [0.15, 0.2) is 23.1 Å². The maximum atomic E-state index is 11.6. The fourth-order valence-electron chi connectivity index (χ4n) is 1.60. The van der Waals surface area contributed by atoms with Crippen molar-refractivity contribution < 1.29 is 23.9 Å². The Balaban J connectivity index is 2.61. The van der Waals surface area contributed by atoms with Crippen molar-refractivity contribution in [3.63, 3.8) is 0 Å². The molecule has 1 aromatic heterocycles. The van der Waals surface area contributed by atoms with E-state index < -0.39 is 5.97 Å². The Morgan fingerprint density at radius 3 is 2.63 bits per heavy atom. The summed E-state index contributed by atoms with van der Waals surface area (Å²) < 4.78 is 14.6. The van der Waals surface area contributed by atoms with Gasteiger partial charge in [-0.3, -0.25) is 0 Å². The number of nitrogens with zero attached hydrogens (tertiary/aromatic N) is 1. The highest BCUT2D eigenvalue weighted by Gasteiger charge is 2.19. The summed E-state index contributed by atoms with van der Waals surface area (Å²) in [6, 6.07) is 4.20. The molecule has 0 unspecified atom stereocenters. The van der Waals surface area contributed by atoms with Crippen LogP contribution in [0.25, 0.3) is 11.3 Å². The van der Waals surface area contributed by atoms with Gasteiger partial charge in [-0.2, -0.15) is 0 Å². The lowest BCUT2D eigenvalue weighted by Crippen LogP contribution is -2.02. The normalized spacial score (nSPS) is 10.2. The van der Waals surface area contributed by atoms with Crippen LogP contribution in [-0.4, -0.2) is 30.5 Å². The van der Waals surface area contributed by atoms with Gasteiger partial charge in [-0.1, -0.05) is 5.16 Å². The van der Waals surface area contributed by atoms with E-state index in [0.29, 0.717) is 0 Å². The molecular formula is C12H12N2O5. The summed E-state index contributed by atoms with van der Waals surface area (Å²) in [5.41, 5.74) is 5.90. The molecule has 2 aromatic rings. The minimum Gasteiger partial charge on any atom is -0.504 e. The van der Waals surface area contributed by atoms with Gasteiger partial charge >= 0.3 is 5.97 Å². The van der Waals surface area contributed by atoms with Gasteiger partial charge in [-0.25, -0.2) is 4.79 Å². The number of benzene rings is 1. The van der Waals surface area contributed by atoms with E-state index in [-0.39, 0.29) is 34.2 Å². The number of carbonyl (C=O) groups excluding carboxylic acids is 1. The monoisotopic (exact) mass is 264 g/mol. The van der Waals surface area contributed by atoms with E-state index in [0.717, 1.165) is 0 Å². The second kappa shape index (κ2) is 4.89. The Labute approximate surface area is 108 Å². The van der Waals surface area contributed by atoms with E-state index in [9.17, 15) is 9.90 Å². The molecule has 0 aliphatic rings. The molecule has 1 heterocycles. The maximum Gasteiger partial charge on any atom is 0.338 e. The van der Waals surface area contributed by atoms with Gasteiger partial charge in [0, 0.05) is 6.07 Å². The Kier molecular flexibility index (Phi) is 3.28. The summed E-state index contributed by atoms with van der Waals surface area (Å²) in [5, 5.41) is 13.5. The van der Waals surface area contributed by atoms with Crippen LogP contribution in [0.5, 0.6) is 11.5 Å². The SMILES string of the molecule is COC(=O)c1cc(OC)c(O)c(-c2cc(N)no2)c1. The number of methoxy groups -OCH3 is 2. The highest BCUT2D eigenvalue weighted by molar-refractivity contribution is 5.92. The van der Waals surface area contributed by atoms with E-state index in [4.69, 9.17) is 15.0 Å². The quantitative estimate of drug-likeness (QED) is 0.807. The van der Waals surface area contributed by atoms with Crippen LogP contribution >= 0.6 is 0 Å². The maximum absolute atomic E-state index is 11.6. The van der Waals surface area contributed by atoms with E-state index in [1.807, 2.05) is 0 Å². The van der Waals surface area contributed by atoms with E-state index in [1.165, 1.54) is 32.4 Å². The number of phenols is 1. The van der Waals surface area contributed by atoms with Gasteiger partial charge in [-0.15, -0.1) is 0 Å². The fourth-order valence-corrected chi connectivity index (χ4v) is 1.60. The third-order valence-electron chi connectivity index (χ3n) is 2.51. The van der Waals surface area contributed by atoms with E-state index >= 15 is 0 Å². The largest absolute Gasteiger partial charge is 0.504 e. The number of carbonyl (C=O) groups is 1. The first-order valence-corrected chi connectivity index (χ1v) is 5.28. The number of nitrogen functional groups attached to an aromatic ring is 1. The highest BCUT2D eigenvalue weighted by Crippen LogP contribution is 2.38. The molecule has 3 N–H and O–H groups in total. The lowest BCUT2D eigenvalue weighted by atomic mass is 10.1. The molecule has 7 heteroatoms. The van der Waals surface area contributed by atoms with Crippen molar-refractivity contribution in [1.82, 2.24) is 5.16 Å². The molecular weight excluding hydrogens is 252 g/mol. The Bertz CT molecular complexity index is 621. The molecule has 7 nitrogen and oxygen atoms in total. The van der Waals surface area contributed by atoms with E-state index in [1.54, 1.807) is 0 Å². The van der Waals surface area contributed by atoms with Crippen LogP contribution < -0.4 is 10.5 Å². The number of ether oxygens (including phenoxy) is 2. The van der Waals surface area contributed by atoms with Crippen LogP contribution in [0.15, 0.2) is 22.7 Å². The zero-order valence-electron chi connectivity index (χ0n) is 10.3. The average molecular weight is 264 g/mol. The minimum atomic E-state index is -0.563. The third-order valence-corrected chi connectivity index (χ3v) is 2.51. The molecule has 1 aromatic carbocycles. The number of aromatic nitrogens is 1. The van der Waals surface area contributed by atoms with Gasteiger partial charge < -0.3 is 24.8 Å². The van der Waals surface area contributed by atoms with Crippen molar-refractivity contribution in [2.45, 2.75) is 0 Å². The Hall–Kier alpha value is -2.70. The van der Waals surface area contributed by atoms with Gasteiger partial charge in [0.1, 0.15) is 0 Å². The van der Waals surface area contributed by atoms with Gasteiger partial charge in [-0.05, 0) is 12.1 Å². The van der Waals surface area contributed by atoms with Crippen molar-refractivity contribution in [3.8, 4) is 22.8 Å². The van der Waals surface area contributed by atoms with Crippen molar-refractivity contribution in [3.05, 3.63) is 23.8 Å². The predicted molar refractivity (Wildman–Crippen MR) is 65.9 cm³/mol. The molecule has 0 aliphatic carbocycles. The van der Waals surface area contributed by atoms with Crippen LogP contribution in [-0.2, 0) is 4.74 Å². The minimum absolute atomic E-state index is 0.118. The molecule has 0 spiro atoms. The molecule has 0 aliphatic heterocycles. The number of rotatable bonds is 3. The fraction of sp³-hybridized carbons (Fsp3) is 0.167. The highest BCUT2D eigenvalue weighted by atomic mass is 16.5. The lowest BCUT2D eigenvalue weighted by Gasteiger charge is -2.09. The number of hydrogen-bond acceptors (Lipinski definition) is 7. The first kappa shape index (κ1) is 12.7. The summed E-state index contributed by atoms with van der Waals surface area (Å²) in [6.07, 6.45) is 0. The first-order valence-electron chi connectivity index (χ1n) is 5.28. The molecule has 100 valence electrons. The van der Waals surface area contributed by atoms with Crippen LogP contribution in [0.1, 0.15) is 10.4 Å².